The SMILES string of the molecule is CC(=O)Nc1ccc(CC(=O)Nc2ccc3c(c2)OCCCO3)cc1. The maximum atomic E-state index is 12.2. The zero-order valence-electron chi connectivity index (χ0n) is 14.0. The van der Waals surface area contributed by atoms with E-state index in [4.69, 9.17) is 9.47 Å². The number of carbonyl (C=O) groups is 2. The van der Waals surface area contributed by atoms with Gasteiger partial charge in [0.05, 0.1) is 19.6 Å². The van der Waals surface area contributed by atoms with Crippen molar-refractivity contribution in [2.24, 2.45) is 0 Å². The minimum Gasteiger partial charge on any atom is -0.490 e. The zero-order valence-corrected chi connectivity index (χ0v) is 14.0. The fourth-order valence-electron chi connectivity index (χ4n) is 2.54. The van der Waals surface area contributed by atoms with Gasteiger partial charge < -0.3 is 20.1 Å². The van der Waals surface area contributed by atoms with Gasteiger partial charge in [0.1, 0.15) is 0 Å². The minimum absolute atomic E-state index is 0.123. The molecule has 0 spiro atoms. The number of ether oxygens (including phenoxy) is 2. The second-order valence-electron chi connectivity index (χ2n) is 5.82. The second-order valence-corrected chi connectivity index (χ2v) is 5.82. The Morgan fingerprint density at radius 2 is 1.60 bits per heavy atom. The fourth-order valence-corrected chi connectivity index (χ4v) is 2.54. The van der Waals surface area contributed by atoms with Gasteiger partial charge in [-0.3, -0.25) is 9.59 Å². The fraction of sp³-hybridized carbons (Fsp3) is 0.263. The Morgan fingerprint density at radius 3 is 2.32 bits per heavy atom. The van der Waals surface area contributed by atoms with E-state index in [-0.39, 0.29) is 18.2 Å². The topological polar surface area (TPSA) is 76.7 Å². The molecule has 0 radical (unpaired) electrons. The molecule has 0 bridgehead atoms. The molecule has 2 N–H and O–H groups in total. The van der Waals surface area contributed by atoms with Crippen LogP contribution in [0, 0.1) is 0 Å². The van der Waals surface area contributed by atoms with Crippen LogP contribution >= 0.6 is 0 Å². The van der Waals surface area contributed by atoms with Gasteiger partial charge in [0.2, 0.25) is 11.8 Å². The van der Waals surface area contributed by atoms with Crippen LogP contribution in [0.15, 0.2) is 42.5 Å². The zero-order chi connectivity index (χ0) is 17.6. The lowest BCUT2D eigenvalue weighted by atomic mass is 10.1. The molecule has 0 unspecified atom stereocenters. The number of fused-ring (bicyclic) bond motifs is 1. The van der Waals surface area contributed by atoms with Gasteiger partial charge >= 0.3 is 0 Å². The van der Waals surface area contributed by atoms with Gasteiger partial charge in [-0.1, -0.05) is 12.1 Å². The number of amides is 2. The first kappa shape index (κ1) is 16.8. The second kappa shape index (κ2) is 7.70. The normalized spacial score (nSPS) is 12.8. The summed E-state index contributed by atoms with van der Waals surface area (Å²) in [4.78, 5) is 23.2. The third-order valence-corrected chi connectivity index (χ3v) is 3.67. The van der Waals surface area contributed by atoms with Crippen LogP contribution < -0.4 is 20.1 Å². The highest BCUT2D eigenvalue weighted by molar-refractivity contribution is 5.93. The van der Waals surface area contributed by atoms with Crippen molar-refractivity contribution in [3.05, 3.63) is 48.0 Å². The van der Waals surface area contributed by atoms with Crippen LogP contribution in [0.3, 0.4) is 0 Å². The van der Waals surface area contributed by atoms with Crippen molar-refractivity contribution in [2.75, 3.05) is 23.8 Å². The van der Waals surface area contributed by atoms with Gasteiger partial charge in [-0.15, -0.1) is 0 Å². The van der Waals surface area contributed by atoms with Gasteiger partial charge in [-0.05, 0) is 29.8 Å². The summed E-state index contributed by atoms with van der Waals surface area (Å²) < 4.78 is 11.2. The number of anilines is 2. The predicted octanol–water partition coefficient (Wildman–Crippen LogP) is 2.99. The molecule has 1 aliphatic heterocycles. The lowest BCUT2D eigenvalue weighted by molar-refractivity contribution is -0.116. The molecule has 0 saturated carbocycles. The summed E-state index contributed by atoms with van der Waals surface area (Å²) in [5.41, 5.74) is 2.24. The van der Waals surface area contributed by atoms with E-state index in [1.54, 1.807) is 30.3 Å². The van der Waals surface area contributed by atoms with Crippen LogP contribution in [0.25, 0.3) is 0 Å². The average Bonchev–Trinajstić information content (AvgIpc) is 2.81. The van der Waals surface area contributed by atoms with Crippen LogP contribution in [0.5, 0.6) is 11.5 Å². The number of benzene rings is 2. The average molecular weight is 340 g/mol. The van der Waals surface area contributed by atoms with Crippen LogP contribution in [0.2, 0.25) is 0 Å². The molecule has 2 aromatic rings. The minimum atomic E-state index is -0.125. The number of rotatable bonds is 4. The number of carbonyl (C=O) groups excluding carboxylic acids is 2. The Kier molecular flexibility index (Phi) is 5.18. The molecule has 0 atom stereocenters. The Labute approximate surface area is 146 Å². The molecule has 2 aromatic carbocycles. The lowest BCUT2D eigenvalue weighted by Gasteiger charge is -2.10. The maximum Gasteiger partial charge on any atom is 0.228 e. The summed E-state index contributed by atoms with van der Waals surface area (Å²) in [6.45, 7) is 2.69. The maximum absolute atomic E-state index is 12.2. The van der Waals surface area contributed by atoms with E-state index in [1.807, 2.05) is 12.1 Å². The van der Waals surface area contributed by atoms with E-state index in [0.717, 1.165) is 12.0 Å². The van der Waals surface area contributed by atoms with Crippen molar-refractivity contribution in [3.63, 3.8) is 0 Å². The molecule has 0 saturated heterocycles. The Hall–Kier alpha value is -3.02. The first-order valence-electron chi connectivity index (χ1n) is 8.16. The van der Waals surface area contributed by atoms with Gasteiger partial charge in [0.25, 0.3) is 0 Å². The molecule has 130 valence electrons. The van der Waals surface area contributed by atoms with E-state index in [2.05, 4.69) is 10.6 Å². The molecular weight excluding hydrogens is 320 g/mol. The Bertz CT molecular complexity index is 771. The van der Waals surface area contributed by atoms with Gasteiger partial charge in [-0.25, -0.2) is 0 Å². The summed E-state index contributed by atoms with van der Waals surface area (Å²) >= 11 is 0. The van der Waals surface area contributed by atoms with Crippen LogP contribution in [-0.2, 0) is 16.0 Å². The molecular formula is C19H20N2O4. The molecule has 1 aliphatic rings. The van der Waals surface area contributed by atoms with Crippen molar-refractivity contribution in [3.8, 4) is 11.5 Å². The van der Waals surface area contributed by atoms with Crippen molar-refractivity contribution < 1.29 is 19.1 Å². The summed E-state index contributed by atoms with van der Waals surface area (Å²) in [6, 6.07) is 12.6. The highest BCUT2D eigenvalue weighted by Gasteiger charge is 2.12. The molecule has 6 nitrogen and oxygen atoms in total. The van der Waals surface area contributed by atoms with Gasteiger partial charge in [0, 0.05) is 30.8 Å². The van der Waals surface area contributed by atoms with Crippen LogP contribution in [-0.4, -0.2) is 25.0 Å². The monoisotopic (exact) mass is 340 g/mol. The molecule has 0 aromatic heterocycles. The van der Waals surface area contributed by atoms with Gasteiger partial charge in [-0.2, -0.15) is 0 Å². The molecule has 3 rings (SSSR count). The highest BCUT2D eigenvalue weighted by Crippen LogP contribution is 2.32. The van der Waals surface area contributed by atoms with E-state index < -0.39 is 0 Å². The highest BCUT2D eigenvalue weighted by atomic mass is 16.5. The predicted molar refractivity (Wildman–Crippen MR) is 95.1 cm³/mol. The molecule has 25 heavy (non-hydrogen) atoms. The quantitative estimate of drug-likeness (QED) is 0.897. The Balaban J connectivity index is 1.60. The van der Waals surface area contributed by atoms with Crippen LogP contribution in [0.4, 0.5) is 11.4 Å². The van der Waals surface area contributed by atoms with Crippen molar-refractivity contribution in [1.29, 1.82) is 0 Å². The molecule has 1 heterocycles. The van der Waals surface area contributed by atoms with E-state index in [0.29, 0.717) is 36.1 Å². The van der Waals surface area contributed by atoms with Crippen molar-refractivity contribution >= 4 is 23.2 Å². The third kappa shape index (κ3) is 4.73. The van der Waals surface area contributed by atoms with Gasteiger partial charge in [0.15, 0.2) is 11.5 Å². The molecule has 0 aliphatic carbocycles. The molecule has 2 amide bonds. The first-order valence-corrected chi connectivity index (χ1v) is 8.16. The summed E-state index contributed by atoms with van der Waals surface area (Å²) in [5.74, 6) is 1.10. The smallest absolute Gasteiger partial charge is 0.228 e. The number of hydrogen-bond donors (Lipinski definition) is 2. The van der Waals surface area contributed by atoms with Crippen LogP contribution in [0.1, 0.15) is 18.9 Å². The number of nitrogens with one attached hydrogen (secondary N) is 2. The number of hydrogen-bond acceptors (Lipinski definition) is 4. The van der Waals surface area contributed by atoms with Crippen molar-refractivity contribution in [2.45, 2.75) is 19.8 Å². The summed E-state index contributed by atoms with van der Waals surface area (Å²) in [7, 11) is 0. The van der Waals surface area contributed by atoms with E-state index in [1.165, 1.54) is 6.92 Å². The van der Waals surface area contributed by atoms with E-state index in [9.17, 15) is 9.59 Å². The first-order chi connectivity index (χ1) is 12.1. The summed E-state index contributed by atoms with van der Waals surface area (Å²) in [6.07, 6.45) is 1.08. The Morgan fingerprint density at radius 1 is 0.920 bits per heavy atom. The third-order valence-electron chi connectivity index (χ3n) is 3.67. The molecule has 0 fully saturated rings. The molecule has 6 heteroatoms. The summed E-state index contributed by atoms with van der Waals surface area (Å²) in [5, 5.41) is 5.56. The largest absolute Gasteiger partial charge is 0.490 e. The lowest BCUT2D eigenvalue weighted by Crippen LogP contribution is -2.14. The standard InChI is InChI=1S/C19H20N2O4/c1-13(22)20-15-5-3-14(4-6-15)11-19(23)21-16-7-8-17-18(12-16)25-10-2-9-24-17/h3-8,12H,2,9-11H2,1H3,(H,20,22)(H,21,23). The van der Waals surface area contributed by atoms with Crippen molar-refractivity contribution in [1.82, 2.24) is 0 Å². The van der Waals surface area contributed by atoms with E-state index >= 15 is 0 Å².